The average molecular weight is 490 g/mol. The third-order valence-electron chi connectivity index (χ3n) is 6.96. The first-order valence-electron chi connectivity index (χ1n) is 11.9. The smallest absolute Gasteiger partial charge is 0.226 e. The van der Waals surface area contributed by atoms with Gasteiger partial charge in [0.25, 0.3) is 0 Å². The molecule has 0 amide bonds. The van der Waals surface area contributed by atoms with Crippen molar-refractivity contribution >= 4 is 23.4 Å². The highest BCUT2D eigenvalue weighted by Gasteiger charge is 2.33. The zero-order valence-corrected chi connectivity index (χ0v) is 20.2. The van der Waals surface area contributed by atoms with Gasteiger partial charge in [-0.3, -0.25) is 0 Å². The summed E-state index contributed by atoms with van der Waals surface area (Å²) in [6, 6.07) is 17.2. The van der Waals surface area contributed by atoms with Crippen LogP contribution in [0, 0.1) is 0 Å². The molecule has 2 N–H and O–H groups in total. The van der Waals surface area contributed by atoms with E-state index in [1.54, 1.807) is 6.20 Å². The van der Waals surface area contributed by atoms with Crippen molar-refractivity contribution in [1.82, 2.24) is 9.88 Å². The molecule has 0 aliphatic carbocycles. The predicted molar refractivity (Wildman–Crippen MR) is 137 cm³/mol. The molecule has 35 heavy (non-hydrogen) atoms. The van der Waals surface area contributed by atoms with E-state index in [1.165, 1.54) is 6.21 Å². The lowest BCUT2D eigenvalue weighted by molar-refractivity contribution is -0.0254. The molecule has 0 unspecified atom stereocenters. The highest BCUT2D eigenvalue weighted by Crippen LogP contribution is 2.39. The normalized spacial score (nSPS) is 18.6. The molecule has 0 saturated carbocycles. The summed E-state index contributed by atoms with van der Waals surface area (Å²) in [5.74, 6) is 1.31. The molecule has 2 aliphatic rings. The van der Waals surface area contributed by atoms with Crippen LogP contribution in [0.3, 0.4) is 0 Å². The first-order valence-corrected chi connectivity index (χ1v) is 12.3. The first kappa shape index (κ1) is 23.5. The van der Waals surface area contributed by atoms with Crippen LogP contribution in [-0.2, 0) is 12.0 Å². The van der Waals surface area contributed by atoms with Crippen molar-refractivity contribution < 1.29 is 15.1 Å². The number of hydrogen-bond donors (Lipinski definition) is 2. The molecule has 0 atom stereocenters. The molecule has 6 nitrogen and oxygen atoms in total. The quantitative estimate of drug-likeness (QED) is 0.275. The Morgan fingerprint density at radius 2 is 1.89 bits per heavy atom. The average Bonchev–Trinajstić information content (AvgIpc) is 3.03. The summed E-state index contributed by atoms with van der Waals surface area (Å²) in [6.07, 6.45) is 8.36. The molecule has 2 aromatic carbocycles. The Hall–Kier alpha value is -3.19. The van der Waals surface area contributed by atoms with E-state index in [9.17, 15) is 5.11 Å². The number of allylic oxidation sites excluding steroid dienone is 1. The van der Waals surface area contributed by atoms with Gasteiger partial charge in [0.05, 0.1) is 11.8 Å². The molecule has 1 aromatic heterocycles. The van der Waals surface area contributed by atoms with E-state index in [0.29, 0.717) is 30.2 Å². The van der Waals surface area contributed by atoms with Gasteiger partial charge >= 0.3 is 0 Å². The van der Waals surface area contributed by atoms with Crippen LogP contribution in [0.1, 0.15) is 41.5 Å². The summed E-state index contributed by atoms with van der Waals surface area (Å²) >= 11 is 6.01. The van der Waals surface area contributed by atoms with Crippen LogP contribution in [0.4, 0.5) is 0 Å². The minimum absolute atomic E-state index is 0.585. The molecular weight excluding hydrogens is 462 g/mol. The van der Waals surface area contributed by atoms with Gasteiger partial charge in [-0.15, -0.1) is 0 Å². The minimum atomic E-state index is -0.794. The van der Waals surface area contributed by atoms with Gasteiger partial charge in [-0.1, -0.05) is 47.1 Å². The molecule has 1 saturated heterocycles. The summed E-state index contributed by atoms with van der Waals surface area (Å²) in [5, 5.41) is 24.2. The van der Waals surface area contributed by atoms with E-state index in [1.807, 2.05) is 54.6 Å². The topological polar surface area (TPSA) is 78.2 Å². The zero-order valence-electron chi connectivity index (χ0n) is 19.4. The Morgan fingerprint density at radius 3 is 2.66 bits per heavy atom. The molecular formula is C28H28ClN3O3. The summed E-state index contributed by atoms with van der Waals surface area (Å²) in [4.78, 5) is 6.86. The lowest BCUT2D eigenvalue weighted by Gasteiger charge is -2.38. The number of hydrogen-bond acceptors (Lipinski definition) is 6. The highest BCUT2D eigenvalue weighted by atomic mass is 35.5. The number of benzene rings is 2. The number of halogens is 1. The second-order valence-electron chi connectivity index (χ2n) is 9.10. The van der Waals surface area contributed by atoms with E-state index in [4.69, 9.17) is 21.5 Å². The van der Waals surface area contributed by atoms with Crippen molar-refractivity contribution in [3.8, 4) is 11.6 Å². The SMILES string of the molecule is ON=Cc1cccc2c1CC(=CCCN1CCC(O)(c3ccc(Cl)cc3)CC1)c1cccnc1O2. The number of nitrogens with zero attached hydrogens (tertiary/aromatic N) is 3. The van der Waals surface area contributed by atoms with Crippen LogP contribution in [0.25, 0.3) is 5.57 Å². The second-order valence-corrected chi connectivity index (χ2v) is 9.54. The van der Waals surface area contributed by atoms with Gasteiger partial charge < -0.3 is 20.0 Å². The molecule has 2 aliphatic heterocycles. The maximum absolute atomic E-state index is 11.2. The van der Waals surface area contributed by atoms with E-state index >= 15 is 0 Å². The van der Waals surface area contributed by atoms with Crippen molar-refractivity contribution in [2.45, 2.75) is 31.3 Å². The molecule has 3 aromatic rings. The fraction of sp³-hybridized carbons (Fsp3) is 0.286. The van der Waals surface area contributed by atoms with Crippen LogP contribution < -0.4 is 4.74 Å². The van der Waals surface area contributed by atoms with Crippen molar-refractivity contribution in [2.75, 3.05) is 19.6 Å². The van der Waals surface area contributed by atoms with Crippen LogP contribution >= 0.6 is 11.6 Å². The van der Waals surface area contributed by atoms with Crippen LogP contribution in [-0.4, -0.2) is 46.0 Å². The van der Waals surface area contributed by atoms with Gasteiger partial charge in [-0.25, -0.2) is 4.98 Å². The van der Waals surface area contributed by atoms with Gasteiger partial charge in [0.1, 0.15) is 5.75 Å². The standard InChI is InChI=1S/C28H28ClN3O3/c29-23-10-8-22(9-11-23)28(33)12-16-32(17-13-28)15-3-5-20-18-25-21(19-31-34)4-1-7-26(25)35-27-24(20)6-2-14-30-27/h1-2,4-11,14,19,33-34H,3,12-13,15-18H2. The molecule has 3 heterocycles. The number of oxime groups is 1. The van der Waals surface area contributed by atoms with Crippen molar-refractivity contribution in [3.05, 3.63) is 94.1 Å². The Morgan fingerprint density at radius 1 is 1.09 bits per heavy atom. The number of aliphatic hydroxyl groups is 1. The third kappa shape index (κ3) is 5.10. The first-order chi connectivity index (χ1) is 17.1. The largest absolute Gasteiger partial charge is 0.438 e. The lowest BCUT2D eigenvalue weighted by atomic mass is 9.84. The van der Waals surface area contributed by atoms with Gasteiger partial charge in [0.15, 0.2) is 0 Å². The molecule has 5 rings (SSSR count). The summed E-state index contributed by atoms with van der Waals surface area (Å²) in [5.41, 5.74) is 4.05. The van der Waals surface area contributed by atoms with Gasteiger partial charge in [-0.2, -0.15) is 0 Å². The summed E-state index contributed by atoms with van der Waals surface area (Å²) in [7, 11) is 0. The van der Waals surface area contributed by atoms with Crippen molar-refractivity contribution in [1.29, 1.82) is 0 Å². The summed E-state index contributed by atoms with van der Waals surface area (Å²) < 4.78 is 6.15. The predicted octanol–water partition coefficient (Wildman–Crippen LogP) is 5.65. The van der Waals surface area contributed by atoms with E-state index < -0.39 is 5.60 Å². The number of likely N-dealkylation sites (tertiary alicyclic amines) is 1. The van der Waals surface area contributed by atoms with Gasteiger partial charge in [0.2, 0.25) is 5.88 Å². The minimum Gasteiger partial charge on any atom is -0.438 e. The van der Waals surface area contributed by atoms with Crippen LogP contribution in [0.2, 0.25) is 5.02 Å². The molecule has 0 radical (unpaired) electrons. The van der Waals surface area contributed by atoms with E-state index in [-0.39, 0.29) is 0 Å². The number of fused-ring (bicyclic) bond motifs is 2. The fourth-order valence-electron chi connectivity index (χ4n) is 4.96. The lowest BCUT2D eigenvalue weighted by Crippen LogP contribution is -2.42. The molecule has 180 valence electrons. The molecule has 1 fully saturated rings. The maximum Gasteiger partial charge on any atom is 0.226 e. The number of rotatable bonds is 5. The Kier molecular flexibility index (Phi) is 6.86. The third-order valence-corrected chi connectivity index (χ3v) is 7.21. The Balaban J connectivity index is 1.29. The number of pyridine rings is 1. The number of piperidine rings is 1. The van der Waals surface area contributed by atoms with E-state index in [0.717, 1.165) is 59.6 Å². The van der Waals surface area contributed by atoms with Crippen LogP contribution in [0.5, 0.6) is 11.6 Å². The van der Waals surface area contributed by atoms with Crippen molar-refractivity contribution in [2.24, 2.45) is 5.16 Å². The highest BCUT2D eigenvalue weighted by molar-refractivity contribution is 6.30. The van der Waals surface area contributed by atoms with Gasteiger partial charge in [-0.05, 0) is 60.7 Å². The molecule has 7 heteroatoms. The van der Waals surface area contributed by atoms with Crippen molar-refractivity contribution in [3.63, 3.8) is 0 Å². The molecule has 0 spiro atoms. The van der Waals surface area contributed by atoms with E-state index in [2.05, 4.69) is 21.1 Å². The van der Waals surface area contributed by atoms with Gasteiger partial charge in [0, 0.05) is 54.0 Å². The fourth-order valence-corrected chi connectivity index (χ4v) is 5.08. The number of ether oxygens (including phenoxy) is 1. The Bertz CT molecular complexity index is 1250. The zero-order chi connectivity index (χ0) is 24.3. The second kappa shape index (κ2) is 10.2. The Labute approximate surface area is 210 Å². The monoisotopic (exact) mass is 489 g/mol. The summed E-state index contributed by atoms with van der Waals surface area (Å²) in [6.45, 7) is 2.58. The van der Waals surface area contributed by atoms with Crippen LogP contribution in [0.15, 0.2) is 72.0 Å². The molecule has 0 bridgehead atoms. The number of aromatic nitrogens is 1. The maximum atomic E-state index is 11.2.